The van der Waals surface area contributed by atoms with Gasteiger partial charge in [-0.25, -0.2) is 8.42 Å². The molecule has 0 bridgehead atoms. The first kappa shape index (κ1) is 19.8. The van der Waals surface area contributed by atoms with Crippen molar-refractivity contribution in [3.05, 3.63) is 24.3 Å². The molecule has 4 rings (SSSR count). The zero-order chi connectivity index (χ0) is 19.7. The minimum Gasteiger partial charge on any atom is -0.497 e. The lowest BCUT2D eigenvalue weighted by Crippen LogP contribution is -2.37. The van der Waals surface area contributed by atoms with Gasteiger partial charge in [0, 0.05) is 17.4 Å². The largest absolute Gasteiger partial charge is 0.497 e. The second kappa shape index (κ2) is 8.06. The van der Waals surface area contributed by atoms with E-state index in [-0.39, 0.29) is 28.7 Å². The topological polar surface area (TPSA) is 76.0 Å². The first-order valence-corrected chi connectivity index (χ1v) is 12.6. The summed E-state index contributed by atoms with van der Waals surface area (Å²) in [6, 6.07) is 7.30. The van der Waals surface area contributed by atoms with Crippen LogP contribution in [0, 0.1) is 5.92 Å². The molecule has 0 N–H and O–H groups in total. The van der Waals surface area contributed by atoms with Gasteiger partial charge in [-0.2, -0.15) is 4.99 Å². The van der Waals surface area contributed by atoms with Gasteiger partial charge < -0.3 is 9.64 Å². The maximum absolute atomic E-state index is 12.5. The van der Waals surface area contributed by atoms with Gasteiger partial charge in [0.05, 0.1) is 24.7 Å². The number of thioether (sulfide) groups is 1. The molecule has 2 heterocycles. The highest BCUT2D eigenvalue weighted by atomic mass is 32.2. The van der Waals surface area contributed by atoms with E-state index in [2.05, 4.69) is 4.99 Å². The van der Waals surface area contributed by atoms with Crippen molar-refractivity contribution in [1.82, 2.24) is 0 Å². The number of fused-ring (bicyclic) bond motifs is 1. The second-order valence-electron chi connectivity index (χ2n) is 7.85. The van der Waals surface area contributed by atoms with Gasteiger partial charge >= 0.3 is 0 Å². The predicted molar refractivity (Wildman–Crippen MR) is 113 cm³/mol. The summed E-state index contributed by atoms with van der Waals surface area (Å²) in [7, 11) is -1.45. The van der Waals surface area contributed by atoms with E-state index >= 15 is 0 Å². The summed E-state index contributed by atoms with van der Waals surface area (Å²) < 4.78 is 29.5. The Bertz CT molecular complexity index is 861. The Morgan fingerprint density at radius 1 is 1.21 bits per heavy atom. The first-order chi connectivity index (χ1) is 13.4. The quantitative estimate of drug-likeness (QED) is 0.725. The third kappa shape index (κ3) is 4.22. The summed E-state index contributed by atoms with van der Waals surface area (Å²) in [5.74, 6) is 1.53. The number of hydrogen-bond donors (Lipinski definition) is 0. The smallest absolute Gasteiger partial charge is 0.248 e. The van der Waals surface area contributed by atoms with E-state index in [0.29, 0.717) is 17.5 Å². The van der Waals surface area contributed by atoms with Crippen LogP contribution in [0.2, 0.25) is 0 Å². The SMILES string of the molecule is COc1ccc(N2C(=NC(=O)CCC3CCCC3)S[C@H]3CS(=O)(=O)C[C@@H]32)cc1. The molecule has 2 saturated heterocycles. The molecule has 28 heavy (non-hydrogen) atoms. The number of hydrogen-bond acceptors (Lipinski definition) is 5. The molecule has 8 heteroatoms. The van der Waals surface area contributed by atoms with E-state index in [1.54, 1.807) is 7.11 Å². The molecule has 2 atom stereocenters. The van der Waals surface area contributed by atoms with Crippen molar-refractivity contribution in [2.24, 2.45) is 10.9 Å². The molecule has 3 aliphatic rings. The monoisotopic (exact) mass is 422 g/mol. The van der Waals surface area contributed by atoms with Gasteiger partial charge in [0.15, 0.2) is 15.0 Å². The van der Waals surface area contributed by atoms with Crippen LogP contribution in [0.3, 0.4) is 0 Å². The third-order valence-electron chi connectivity index (χ3n) is 5.88. The Morgan fingerprint density at radius 2 is 1.93 bits per heavy atom. The summed E-state index contributed by atoms with van der Waals surface area (Å²) in [5, 5.41) is 0.556. The minimum absolute atomic E-state index is 0.0755. The van der Waals surface area contributed by atoms with Crippen LogP contribution >= 0.6 is 11.8 Å². The summed E-state index contributed by atoms with van der Waals surface area (Å²) in [6.45, 7) is 0. The predicted octanol–water partition coefficient (Wildman–Crippen LogP) is 3.27. The van der Waals surface area contributed by atoms with Crippen LogP contribution in [-0.2, 0) is 14.6 Å². The van der Waals surface area contributed by atoms with Gasteiger partial charge in [0.25, 0.3) is 0 Å². The highest BCUT2D eigenvalue weighted by Gasteiger charge is 2.49. The fourth-order valence-corrected chi connectivity index (χ4v) is 8.33. The highest BCUT2D eigenvalue weighted by Crippen LogP contribution is 2.41. The van der Waals surface area contributed by atoms with E-state index in [1.165, 1.54) is 37.4 Å². The van der Waals surface area contributed by atoms with E-state index in [4.69, 9.17) is 4.74 Å². The number of nitrogens with zero attached hydrogens (tertiary/aromatic N) is 2. The van der Waals surface area contributed by atoms with E-state index < -0.39 is 9.84 Å². The summed E-state index contributed by atoms with van der Waals surface area (Å²) in [4.78, 5) is 18.9. The maximum Gasteiger partial charge on any atom is 0.248 e. The normalized spacial score (nSPS) is 28.0. The van der Waals surface area contributed by atoms with E-state index in [0.717, 1.165) is 17.9 Å². The fourth-order valence-electron chi connectivity index (χ4n) is 4.40. The van der Waals surface area contributed by atoms with Crippen LogP contribution in [0.1, 0.15) is 38.5 Å². The first-order valence-electron chi connectivity index (χ1n) is 9.87. The Morgan fingerprint density at radius 3 is 2.61 bits per heavy atom. The van der Waals surface area contributed by atoms with Crippen LogP contribution in [0.25, 0.3) is 0 Å². The number of methoxy groups -OCH3 is 1. The minimum atomic E-state index is -3.06. The van der Waals surface area contributed by atoms with Crippen molar-refractivity contribution in [2.45, 2.75) is 49.8 Å². The number of carbonyl (C=O) groups is 1. The molecule has 1 aromatic rings. The van der Waals surface area contributed by atoms with Crippen LogP contribution < -0.4 is 9.64 Å². The number of benzene rings is 1. The molecule has 0 radical (unpaired) electrons. The summed E-state index contributed by atoms with van der Waals surface area (Å²) >= 11 is 1.43. The number of amidine groups is 1. The number of ether oxygens (including phenoxy) is 1. The molecule has 1 amide bonds. The number of anilines is 1. The molecule has 1 saturated carbocycles. The van der Waals surface area contributed by atoms with Crippen molar-refractivity contribution < 1.29 is 17.9 Å². The molecular weight excluding hydrogens is 396 g/mol. The molecule has 3 fully saturated rings. The molecule has 1 aromatic carbocycles. The van der Waals surface area contributed by atoms with Crippen LogP contribution in [0.5, 0.6) is 5.75 Å². The Balaban J connectivity index is 1.54. The summed E-state index contributed by atoms with van der Waals surface area (Å²) in [5.41, 5.74) is 0.847. The zero-order valence-electron chi connectivity index (χ0n) is 16.0. The van der Waals surface area contributed by atoms with Gasteiger partial charge in [0.1, 0.15) is 5.75 Å². The van der Waals surface area contributed by atoms with Gasteiger partial charge in [-0.3, -0.25) is 4.79 Å². The lowest BCUT2D eigenvalue weighted by molar-refractivity contribution is -0.118. The number of carbonyl (C=O) groups excluding carboxylic acids is 1. The molecule has 2 aliphatic heterocycles. The number of sulfone groups is 1. The van der Waals surface area contributed by atoms with Gasteiger partial charge in [0.2, 0.25) is 5.91 Å². The van der Waals surface area contributed by atoms with Gasteiger partial charge in [-0.15, -0.1) is 0 Å². The van der Waals surface area contributed by atoms with Crippen LogP contribution in [-0.4, -0.2) is 49.4 Å². The Labute approximate surface area is 170 Å². The molecular formula is C20H26N2O4S2. The van der Waals surface area contributed by atoms with Crippen molar-refractivity contribution in [1.29, 1.82) is 0 Å². The van der Waals surface area contributed by atoms with Crippen molar-refractivity contribution in [3.63, 3.8) is 0 Å². The van der Waals surface area contributed by atoms with E-state index in [9.17, 15) is 13.2 Å². The molecule has 6 nitrogen and oxygen atoms in total. The lowest BCUT2D eigenvalue weighted by atomic mass is 10.0. The third-order valence-corrected chi connectivity index (χ3v) is 9.09. The molecule has 0 spiro atoms. The summed E-state index contributed by atoms with van der Waals surface area (Å²) in [6.07, 6.45) is 6.36. The van der Waals surface area contributed by atoms with Gasteiger partial charge in [-0.1, -0.05) is 37.4 Å². The van der Waals surface area contributed by atoms with Gasteiger partial charge in [-0.05, 0) is 36.6 Å². The lowest BCUT2D eigenvalue weighted by Gasteiger charge is -2.24. The van der Waals surface area contributed by atoms with Crippen molar-refractivity contribution >= 4 is 38.4 Å². The van der Waals surface area contributed by atoms with E-state index in [1.807, 2.05) is 29.2 Å². The maximum atomic E-state index is 12.5. The Hall–Kier alpha value is -1.54. The van der Waals surface area contributed by atoms with Crippen LogP contribution in [0.4, 0.5) is 5.69 Å². The number of amides is 1. The zero-order valence-corrected chi connectivity index (χ0v) is 17.7. The average molecular weight is 423 g/mol. The Kier molecular flexibility index (Phi) is 5.69. The standard InChI is InChI=1S/C20H26N2O4S2/c1-26-16-9-7-15(8-10-16)22-17-12-28(24,25)13-18(17)27-20(22)21-19(23)11-6-14-4-2-3-5-14/h7-10,14,17-18H,2-6,11-13H2,1H3/t17-,18-/m0/s1. The second-order valence-corrected chi connectivity index (χ2v) is 11.2. The molecule has 1 aliphatic carbocycles. The molecule has 0 aromatic heterocycles. The van der Waals surface area contributed by atoms with Crippen molar-refractivity contribution in [3.8, 4) is 5.75 Å². The number of rotatable bonds is 5. The molecule has 0 unspecified atom stereocenters. The van der Waals surface area contributed by atoms with Crippen LogP contribution in [0.15, 0.2) is 29.3 Å². The molecule has 152 valence electrons. The average Bonchev–Trinajstić information content (AvgIpc) is 3.35. The van der Waals surface area contributed by atoms with Crippen molar-refractivity contribution in [2.75, 3.05) is 23.5 Å². The highest BCUT2D eigenvalue weighted by molar-refractivity contribution is 8.16. The number of aliphatic imine (C=N–C) groups is 1. The fraction of sp³-hybridized carbons (Fsp3) is 0.600.